The summed E-state index contributed by atoms with van der Waals surface area (Å²) in [4.78, 5) is 0. The topological polar surface area (TPSA) is 47.6 Å². The Balaban J connectivity index is 2.88. The molecule has 0 bridgehead atoms. The van der Waals surface area contributed by atoms with E-state index in [1.165, 1.54) is 0 Å². The third-order valence-electron chi connectivity index (χ3n) is 2.00. The largest absolute Gasteiger partial charge is 0.192 e. The van der Waals surface area contributed by atoms with Crippen LogP contribution in [0, 0.1) is 28.6 Å². The number of hydrogen-bond acceptors (Lipinski definition) is 2. The van der Waals surface area contributed by atoms with Crippen molar-refractivity contribution in [2.45, 2.75) is 26.2 Å². The fourth-order valence-corrected chi connectivity index (χ4v) is 1.27. The van der Waals surface area contributed by atoms with E-state index in [-0.39, 0.29) is 0 Å². The van der Waals surface area contributed by atoms with E-state index in [9.17, 15) is 0 Å². The summed E-state index contributed by atoms with van der Waals surface area (Å²) < 4.78 is 0. The molecule has 0 radical (unpaired) electrons. The van der Waals surface area contributed by atoms with Gasteiger partial charge in [0.05, 0.1) is 0 Å². The van der Waals surface area contributed by atoms with Gasteiger partial charge in [0.2, 0.25) is 0 Å². The molecule has 1 saturated carbocycles. The summed E-state index contributed by atoms with van der Waals surface area (Å²) in [6.45, 7) is 2.00. The Hall–Kier alpha value is -1.28. The lowest BCUT2D eigenvalue weighted by Gasteiger charge is -1.98. The minimum atomic E-state index is 0.343. The Morgan fingerprint density at radius 1 is 1.36 bits per heavy atom. The minimum absolute atomic E-state index is 0.343. The van der Waals surface area contributed by atoms with Crippen LogP contribution in [0.1, 0.15) is 26.2 Å². The van der Waals surface area contributed by atoms with Crippen LogP contribution in [0.2, 0.25) is 0 Å². The Labute approximate surface area is 66.7 Å². The number of allylic oxidation sites excluding steroid dienone is 2. The zero-order valence-electron chi connectivity index (χ0n) is 6.59. The van der Waals surface area contributed by atoms with Gasteiger partial charge in [-0.1, -0.05) is 6.92 Å². The molecular weight excluding hydrogens is 136 g/mol. The standard InChI is InChI=1S/C9H10N2/c1-2-9(7-3-4-7)8(5-10)6-11/h7H,2-4H2,1H3. The van der Waals surface area contributed by atoms with Gasteiger partial charge in [-0.25, -0.2) is 0 Å². The average molecular weight is 146 g/mol. The van der Waals surface area contributed by atoms with Crippen molar-refractivity contribution in [1.82, 2.24) is 0 Å². The first-order valence-corrected chi connectivity index (χ1v) is 3.86. The van der Waals surface area contributed by atoms with E-state index in [4.69, 9.17) is 10.5 Å². The highest BCUT2D eigenvalue weighted by molar-refractivity contribution is 5.42. The van der Waals surface area contributed by atoms with Crippen LogP contribution in [-0.4, -0.2) is 0 Å². The maximum absolute atomic E-state index is 8.57. The summed E-state index contributed by atoms with van der Waals surface area (Å²) in [5, 5.41) is 17.1. The molecule has 2 heteroatoms. The molecule has 2 nitrogen and oxygen atoms in total. The molecular formula is C9H10N2. The van der Waals surface area contributed by atoms with Crippen LogP contribution >= 0.6 is 0 Å². The SMILES string of the molecule is CCC(=C(C#N)C#N)C1CC1. The quantitative estimate of drug-likeness (QED) is 0.560. The van der Waals surface area contributed by atoms with E-state index in [0.717, 1.165) is 24.8 Å². The lowest BCUT2D eigenvalue weighted by atomic mass is 10.0. The smallest absolute Gasteiger partial charge is 0.129 e. The predicted molar refractivity (Wildman–Crippen MR) is 41.3 cm³/mol. The summed E-state index contributed by atoms with van der Waals surface area (Å²) in [5.74, 6) is 0.550. The summed E-state index contributed by atoms with van der Waals surface area (Å²) in [7, 11) is 0. The van der Waals surface area contributed by atoms with Crippen molar-refractivity contribution in [3.8, 4) is 12.1 Å². The molecule has 0 saturated heterocycles. The van der Waals surface area contributed by atoms with E-state index in [1.54, 1.807) is 0 Å². The van der Waals surface area contributed by atoms with Crippen molar-refractivity contribution in [1.29, 1.82) is 10.5 Å². The van der Waals surface area contributed by atoms with Gasteiger partial charge in [0.25, 0.3) is 0 Å². The molecule has 0 aliphatic heterocycles. The zero-order valence-corrected chi connectivity index (χ0v) is 6.59. The van der Waals surface area contributed by atoms with Crippen molar-refractivity contribution in [3.63, 3.8) is 0 Å². The molecule has 1 fully saturated rings. The van der Waals surface area contributed by atoms with E-state index in [1.807, 2.05) is 19.1 Å². The van der Waals surface area contributed by atoms with E-state index in [0.29, 0.717) is 11.5 Å². The van der Waals surface area contributed by atoms with Crippen LogP contribution < -0.4 is 0 Å². The summed E-state index contributed by atoms with van der Waals surface area (Å²) in [5.41, 5.74) is 1.41. The molecule has 0 unspecified atom stereocenters. The number of nitriles is 2. The lowest BCUT2D eigenvalue weighted by molar-refractivity contribution is 0.903. The van der Waals surface area contributed by atoms with Crippen molar-refractivity contribution < 1.29 is 0 Å². The monoisotopic (exact) mass is 146 g/mol. The second-order valence-corrected chi connectivity index (χ2v) is 2.75. The van der Waals surface area contributed by atoms with Gasteiger partial charge in [-0.2, -0.15) is 10.5 Å². The first-order chi connectivity index (χ1) is 5.33. The molecule has 0 aromatic heterocycles. The van der Waals surface area contributed by atoms with Gasteiger partial charge in [0.15, 0.2) is 0 Å². The van der Waals surface area contributed by atoms with Gasteiger partial charge >= 0.3 is 0 Å². The Morgan fingerprint density at radius 2 is 1.91 bits per heavy atom. The number of hydrogen-bond donors (Lipinski definition) is 0. The van der Waals surface area contributed by atoms with Crippen molar-refractivity contribution in [3.05, 3.63) is 11.1 Å². The second kappa shape index (κ2) is 3.21. The highest BCUT2D eigenvalue weighted by atomic mass is 14.3. The van der Waals surface area contributed by atoms with Gasteiger partial charge < -0.3 is 0 Å². The molecule has 0 N–H and O–H groups in total. The van der Waals surface area contributed by atoms with Crippen LogP contribution in [0.4, 0.5) is 0 Å². The zero-order chi connectivity index (χ0) is 8.27. The molecule has 1 aliphatic carbocycles. The molecule has 0 aromatic rings. The summed E-state index contributed by atoms with van der Waals surface area (Å²) >= 11 is 0. The maximum Gasteiger partial charge on any atom is 0.129 e. The van der Waals surface area contributed by atoms with Crippen LogP contribution in [0.25, 0.3) is 0 Å². The van der Waals surface area contributed by atoms with Crippen LogP contribution in [0.3, 0.4) is 0 Å². The normalized spacial score (nSPS) is 14.8. The summed E-state index contributed by atoms with van der Waals surface area (Å²) in [6, 6.07) is 3.89. The molecule has 1 aliphatic rings. The molecule has 11 heavy (non-hydrogen) atoms. The van der Waals surface area contributed by atoms with Crippen LogP contribution in [0.15, 0.2) is 11.1 Å². The van der Waals surface area contributed by atoms with Crippen molar-refractivity contribution in [2.75, 3.05) is 0 Å². The Kier molecular flexibility index (Phi) is 2.28. The van der Waals surface area contributed by atoms with Gasteiger partial charge in [-0.3, -0.25) is 0 Å². The lowest BCUT2D eigenvalue weighted by Crippen LogP contribution is -1.88. The third-order valence-corrected chi connectivity index (χ3v) is 2.00. The van der Waals surface area contributed by atoms with Crippen LogP contribution in [0.5, 0.6) is 0 Å². The third kappa shape index (κ3) is 1.59. The molecule has 0 spiro atoms. The highest BCUT2D eigenvalue weighted by Gasteiger charge is 2.27. The number of nitrogens with zero attached hydrogens (tertiary/aromatic N) is 2. The number of rotatable bonds is 2. The van der Waals surface area contributed by atoms with Gasteiger partial charge in [0, 0.05) is 0 Å². The fourth-order valence-electron chi connectivity index (χ4n) is 1.27. The molecule has 0 aromatic carbocycles. The molecule has 0 atom stereocenters. The Morgan fingerprint density at radius 3 is 2.18 bits per heavy atom. The van der Waals surface area contributed by atoms with E-state index in [2.05, 4.69) is 0 Å². The molecule has 1 rings (SSSR count). The second-order valence-electron chi connectivity index (χ2n) is 2.75. The van der Waals surface area contributed by atoms with Gasteiger partial charge in [-0.05, 0) is 30.8 Å². The molecule has 0 amide bonds. The fraction of sp³-hybridized carbons (Fsp3) is 0.556. The van der Waals surface area contributed by atoms with Crippen LogP contribution in [-0.2, 0) is 0 Å². The minimum Gasteiger partial charge on any atom is -0.192 e. The van der Waals surface area contributed by atoms with E-state index >= 15 is 0 Å². The van der Waals surface area contributed by atoms with E-state index < -0.39 is 0 Å². The molecule has 56 valence electrons. The molecule has 0 heterocycles. The Bertz CT molecular complexity index is 242. The average Bonchev–Trinajstić information content (AvgIpc) is 2.82. The van der Waals surface area contributed by atoms with Gasteiger partial charge in [-0.15, -0.1) is 0 Å². The first-order valence-electron chi connectivity index (χ1n) is 3.86. The highest BCUT2D eigenvalue weighted by Crippen LogP contribution is 2.39. The first kappa shape index (κ1) is 7.82. The maximum atomic E-state index is 8.57. The van der Waals surface area contributed by atoms with Gasteiger partial charge in [0.1, 0.15) is 17.7 Å². The predicted octanol–water partition coefficient (Wildman–Crippen LogP) is 2.15. The van der Waals surface area contributed by atoms with Crippen molar-refractivity contribution >= 4 is 0 Å². The van der Waals surface area contributed by atoms with Crippen molar-refractivity contribution in [2.24, 2.45) is 5.92 Å². The summed E-state index contributed by atoms with van der Waals surface area (Å²) in [6.07, 6.45) is 3.17.